The van der Waals surface area contributed by atoms with Crippen molar-refractivity contribution in [3.63, 3.8) is 0 Å². The second kappa shape index (κ2) is 4.45. The average Bonchev–Trinajstić information content (AvgIpc) is 2.26. The topological polar surface area (TPSA) is 66.8 Å². The van der Waals surface area contributed by atoms with Gasteiger partial charge in [0.15, 0.2) is 0 Å². The van der Waals surface area contributed by atoms with E-state index in [4.69, 9.17) is 9.84 Å². The summed E-state index contributed by atoms with van der Waals surface area (Å²) in [5.74, 6) is -0.959. The maximum atomic E-state index is 12.0. The van der Waals surface area contributed by atoms with Crippen molar-refractivity contribution in [3.05, 3.63) is 29.8 Å². The first-order valence-electron chi connectivity index (χ1n) is 5.28. The molecule has 0 aromatic heterocycles. The fraction of sp³-hybridized carbons (Fsp3) is 0.333. The summed E-state index contributed by atoms with van der Waals surface area (Å²) in [6.07, 6.45) is 0. The third kappa shape index (κ3) is 2.08. The van der Waals surface area contributed by atoms with Gasteiger partial charge in [0.05, 0.1) is 18.6 Å². The number of nitrogens with zero attached hydrogens (tertiary/aromatic N) is 1. The van der Waals surface area contributed by atoms with Crippen LogP contribution in [0.3, 0.4) is 0 Å². The third-order valence-electron chi connectivity index (χ3n) is 2.86. The van der Waals surface area contributed by atoms with Gasteiger partial charge >= 0.3 is 5.97 Å². The Kier molecular flexibility index (Phi) is 2.99. The van der Waals surface area contributed by atoms with E-state index in [0.29, 0.717) is 11.3 Å². The van der Waals surface area contributed by atoms with Crippen molar-refractivity contribution < 1.29 is 19.4 Å². The zero-order valence-electron chi connectivity index (χ0n) is 9.42. The fourth-order valence-corrected chi connectivity index (χ4v) is 1.79. The smallest absolute Gasteiger partial charge is 0.310 e. The number of rotatable bonds is 3. The molecule has 5 nitrogen and oxygen atoms in total. The van der Waals surface area contributed by atoms with Crippen LogP contribution in [-0.2, 0) is 4.79 Å². The van der Waals surface area contributed by atoms with Crippen LogP contribution < -0.4 is 4.74 Å². The highest BCUT2D eigenvalue weighted by molar-refractivity contribution is 5.98. The molecule has 1 fully saturated rings. The number of likely N-dealkylation sites (tertiary alicyclic amines) is 1. The highest BCUT2D eigenvalue weighted by atomic mass is 16.5. The molecule has 0 aliphatic carbocycles. The van der Waals surface area contributed by atoms with E-state index in [1.807, 2.05) is 0 Å². The summed E-state index contributed by atoms with van der Waals surface area (Å²) in [5.41, 5.74) is 0.471. The lowest BCUT2D eigenvalue weighted by molar-refractivity contribution is -0.146. The SMILES string of the molecule is COc1ccccc1C(=O)N1CC(C(=O)O)C1. The number of para-hydroxylation sites is 1. The van der Waals surface area contributed by atoms with E-state index < -0.39 is 11.9 Å². The largest absolute Gasteiger partial charge is 0.496 e. The number of amides is 1. The highest BCUT2D eigenvalue weighted by Gasteiger charge is 2.36. The summed E-state index contributed by atoms with van der Waals surface area (Å²) in [5, 5.41) is 8.74. The van der Waals surface area contributed by atoms with Gasteiger partial charge in [0.25, 0.3) is 5.91 Å². The maximum absolute atomic E-state index is 12.0. The van der Waals surface area contributed by atoms with Gasteiger partial charge < -0.3 is 14.7 Å². The fourth-order valence-electron chi connectivity index (χ4n) is 1.79. The average molecular weight is 235 g/mol. The molecular weight excluding hydrogens is 222 g/mol. The van der Waals surface area contributed by atoms with Crippen molar-refractivity contribution in [1.82, 2.24) is 4.90 Å². The molecule has 1 aliphatic heterocycles. The zero-order valence-corrected chi connectivity index (χ0v) is 9.42. The predicted octanol–water partition coefficient (Wildman–Crippen LogP) is 0.852. The molecule has 90 valence electrons. The molecule has 0 radical (unpaired) electrons. The first-order valence-corrected chi connectivity index (χ1v) is 5.28. The van der Waals surface area contributed by atoms with Gasteiger partial charge in [-0.1, -0.05) is 12.1 Å². The molecule has 1 N–H and O–H groups in total. The second-order valence-electron chi connectivity index (χ2n) is 3.95. The van der Waals surface area contributed by atoms with Crippen LogP contribution in [0.4, 0.5) is 0 Å². The molecule has 1 aromatic rings. The summed E-state index contributed by atoms with van der Waals surface area (Å²) in [6.45, 7) is 0.540. The van der Waals surface area contributed by atoms with Crippen LogP contribution in [0, 0.1) is 5.92 Å². The Morgan fingerprint density at radius 3 is 2.59 bits per heavy atom. The molecule has 1 aromatic carbocycles. The van der Waals surface area contributed by atoms with Crippen molar-refractivity contribution in [1.29, 1.82) is 0 Å². The number of benzene rings is 1. The Balaban J connectivity index is 2.09. The zero-order chi connectivity index (χ0) is 12.4. The maximum Gasteiger partial charge on any atom is 0.310 e. The second-order valence-corrected chi connectivity index (χ2v) is 3.95. The molecule has 0 atom stereocenters. The standard InChI is InChI=1S/C12H13NO4/c1-17-10-5-3-2-4-9(10)11(14)13-6-8(7-13)12(15)16/h2-5,8H,6-7H2,1H3,(H,15,16). The number of ether oxygens (including phenoxy) is 1. The van der Waals surface area contributed by atoms with Gasteiger partial charge in [0, 0.05) is 13.1 Å². The van der Waals surface area contributed by atoms with E-state index in [9.17, 15) is 9.59 Å². The predicted molar refractivity (Wildman–Crippen MR) is 60.0 cm³/mol. The summed E-state index contributed by atoms with van der Waals surface area (Å²) in [4.78, 5) is 24.2. The molecule has 0 unspecified atom stereocenters. The first-order chi connectivity index (χ1) is 8.13. The molecule has 5 heteroatoms. The number of hydrogen-bond acceptors (Lipinski definition) is 3. The van der Waals surface area contributed by atoms with Gasteiger partial charge in [0.2, 0.25) is 0 Å². The highest BCUT2D eigenvalue weighted by Crippen LogP contribution is 2.24. The van der Waals surface area contributed by atoms with Gasteiger partial charge in [-0.2, -0.15) is 0 Å². The van der Waals surface area contributed by atoms with E-state index >= 15 is 0 Å². The van der Waals surface area contributed by atoms with Gasteiger partial charge in [-0.3, -0.25) is 9.59 Å². The number of carboxylic acid groups (broad SMARTS) is 1. The van der Waals surface area contributed by atoms with E-state index in [2.05, 4.69) is 0 Å². The van der Waals surface area contributed by atoms with Crippen molar-refractivity contribution >= 4 is 11.9 Å². The van der Waals surface area contributed by atoms with Gasteiger partial charge in [-0.25, -0.2) is 0 Å². The number of carbonyl (C=O) groups is 2. The van der Waals surface area contributed by atoms with Crippen LogP contribution in [0.5, 0.6) is 5.75 Å². The summed E-state index contributed by atoms with van der Waals surface area (Å²) < 4.78 is 5.10. The van der Waals surface area contributed by atoms with Crippen molar-refractivity contribution in [3.8, 4) is 5.75 Å². The summed E-state index contributed by atoms with van der Waals surface area (Å²) >= 11 is 0. The Hall–Kier alpha value is -2.04. The molecule has 1 amide bonds. The monoisotopic (exact) mass is 235 g/mol. The van der Waals surface area contributed by atoms with E-state index in [1.165, 1.54) is 12.0 Å². The van der Waals surface area contributed by atoms with E-state index in [-0.39, 0.29) is 19.0 Å². The minimum atomic E-state index is -0.853. The lowest BCUT2D eigenvalue weighted by atomic mass is 9.99. The van der Waals surface area contributed by atoms with E-state index in [0.717, 1.165) is 0 Å². The Labute approximate surface area is 98.6 Å². The third-order valence-corrected chi connectivity index (χ3v) is 2.86. The van der Waals surface area contributed by atoms with Gasteiger partial charge in [-0.05, 0) is 12.1 Å². The Morgan fingerprint density at radius 2 is 2.00 bits per heavy atom. The Morgan fingerprint density at radius 1 is 1.35 bits per heavy atom. The quantitative estimate of drug-likeness (QED) is 0.843. The van der Waals surface area contributed by atoms with Crippen LogP contribution >= 0.6 is 0 Å². The molecule has 1 heterocycles. The van der Waals surface area contributed by atoms with Crippen LogP contribution in [0.2, 0.25) is 0 Å². The number of aliphatic carboxylic acids is 1. The molecule has 1 saturated heterocycles. The molecule has 0 saturated carbocycles. The molecular formula is C12H13NO4. The molecule has 17 heavy (non-hydrogen) atoms. The lowest BCUT2D eigenvalue weighted by Gasteiger charge is -2.36. The van der Waals surface area contributed by atoms with Crippen molar-refractivity contribution in [2.24, 2.45) is 5.92 Å². The molecule has 0 bridgehead atoms. The minimum absolute atomic E-state index is 0.181. The number of methoxy groups -OCH3 is 1. The van der Waals surface area contributed by atoms with Gasteiger partial charge in [0.1, 0.15) is 5.75 Å². The number of carboxylic acids is 1. The Bertz CT molecular complexity index is 452. The number of carbonyl (C=O) groups excluding carboxylic acids is 1. The minimum Gasteiger partial charge on any atom is -0.496 e. The van der Waals surface area contributed by atoms with Crippen LogP contribution in [0.1, 0.15) is 10.4 Å². The number of hydrogen-bond donors (Lipinski definition) is 1. The van der Waals surface area contributed by atoms with Crippen LogP contribution in [0.25, 0.3) is 0 Å². The van der Waals surface area contributed by atoms with E-state index in [1.54, 1.807) is 24.3 Å². The molecule has 1 aliphatic rings. The molecule has 0 spiro atoms. The van der Waals surface area contributed by atoms with Crippen LogP contribution in [-0.4, -0.2) is 42.1 Å². The summed E-state index contributed by atoms with van der Waals surface area (Å²) in [7, 11) is 1.50. The van der Waals surface area contributed by atoms with Gasteiger partial charge in [-0.15, -0.1) is 0 Å². The molecule has 2 rings (SSSR count). The first kappa shape index (κ1) is 11.4. The van der Waals surface area contributed by atoms with Crippen molar-refractivity contribution in [2.75, 3.05) is 20.2 Å². The van der Waals surface area contributed by atoms with Crippen molar-refractivity contribution in [2.45, 2.75) is 0 Å². The lowest BCUT2D eigenvalue weighted by Crippen LogP contribution is -2.53. The van der Waals surface area contributed by atoms with Crippen LogP contribution in [0.15, 0.2) is 24.3 Å². The normalized spacial score (nSPS) is 15.2. The summed E-state index contributed by atoms with van der Waals surface area (Å²) in [6, 6.07) is 6.92.